The largest absolute Gasteiger partial charge is 0.481 e. The molecule has 2 aliphatic rings. The van der Waals surface area contributed by atoms with Gasteiger partial charge in [0, 0.05) is 6.42 Å². The highest BCUT2D eigenvalue weighted by Gasteiger charge is 2.55. The average molecular weight is 214 g/mol. The van der Waals surface area contributed by atoms with Gasteiger partial charge in [-0.1, -0.05) is 0 Å². The van der Waals surface area contributed by atoms with Gasteiger partial charge in [-0.15, -0.1) is 0 Å². The number of aliphatic hydroxyl groups is 1. The van der Waals surface area contributed by atoms with Gasteiger partial charge in [-0.25, -0.2) is 4.79 Å². The summed E-state index contributed by atoms with van der Waals surface area (Å²) in [7, 11) is 0. The summed E-state index contributed by atoms with van der Waals surface area (Å²) < 4.78 is 0. The Balaban J connectivity index is 2.09. The third kappa shape index (κ3) is 1.77. The van der Waals surface area contributed by atoms with Crippen LogP contribution in [-0.4, -0.2) is 34.0 Å². The van der Waals surface area contributed by atoms with E-state index in [1.807, 2.05) is 0 Å². The summed E-state index contributed by atoms with van der Waals surface area (Å²) in [5.41, 5.74) is -0.768. The molecule has 1 heterocycles. The Bertz CT molecular complexity index is 302. The van der Waals surface area contributed by atoms with Crippen molar-refractivity contribution in [3.05, 3.63) is 0 Å². The van der Waals surface area contributed by atoms with Crippen LogP contribution in [0.4, 0.5) is 4.79 Å². The van der Waals surface area contributed by atoms with E-state index in [4.69, 9.17) is 5.11 Å². The molecule has 6 heteroatoms. The minimum Gasteiger partial charge on any atom is -0.481 e. The van der Waals surface area contributed by atoms with Crippen molar-refractivity contribution in [2.75, 3.05) is 0 Å². The molecule has 1 aliphatic carbocycles. The van der Waals surface area contributed by atoms with Crippen LogP contribution >= 0.6 is 0 Å². The second kappa shape index (κ2) is 3.37. The number of nitrogens with one attached hydrogen (secondary N) is 2. The predicted molar refractivity (Wildman–Crippen MR) is 50.0 cm³/mol. The number of carboxylic acids is 1. The topological polar surface area (TPSA) is 98.7 Å². The van der Waals surface area contributed by atoms with E-state index < -0.39 is 23.8 Å². The molecule has 0 unspecified atom stereocenters. The van der Waals surface area contributed by atoms with Gasteiger partial charge in [0.15, 0.2) is 6.23 Å². The summed E-state index contributed by atoms with van der Waals surface area (Å²) in [6.07, 6.45) is 1.11. The van der Waals surface area contributed by atoms with E-state index in [1.165, 1.54) is 0 Å². The summed E-state index contributed by atoms with van der Waals surface area (Å²) in [6, 6.07) is -0.417. The van der Waals surface area contributed by atoms with Crippen molar-refractivity contribution in [3.63, 3.8) is 0 Å². The van der Waals surface area contributed by atoms with Crippen molar-refractivity contribution < 1.29 is 19.8 Å². The lowest BCUT2D eigenvalue weighted by Gasteiger charge is -2.30. The fourth-order valence-corrected chi connectivity index (χ4v) is 2.21. The first kappa shape index (κ1) is 10.2. The monoisotopic (exact) mass is 214 g/mol. The number of carbonyl (C=O) groups is 2. The Kier molecular flexibility index (Phi) is 2.30. The number of aliphatic carboxylic acids is 1. The minimum atomic E-state index is -0.975. The number of urea groups is 1. The first-order valence-electron chi connectivity index (χ1n) is 5.03. The van der Waals surface area contributed by atoms with Crippen LogP contribution in [0.25, 0.3) is 0 Å². The molecule has 2 rings (SSSR count). The molecule has 4 N–H and O–H groups in total. The van der Waals surface area contributed by atoms with Gasteiger partial charge in [-0.05, 0) is 25.2 Å². The molecule has 0 aromatic heterocycles. The number of amides is 2. The molecule has 2 fully saturated rings. The quantitative estimate of drug-likeness (QED) is 0.513. The fraction of sp³-hybridized carbons (Fsp3) is 0.778. The average Bonchev–Trinajstić information content (AvgIpc) is 2.91. The van der Waals surface area contributed by atoms with Crippen LogP contribution in [0.1, 0.15) is 25.7 Å². The van der Waals surface area contributed by atoms with E-state index in [2.05, 4.69) is 10.6 Å². The molecule has 0 aromatic carbocycles. The van der Waals surface area contributed by atoms with E-state index in [1.54, 1.807) is 0 Å². The van der Waals surface area contributed by atoms with Crippen LogP contribution in [0.2, 0.25) is 0 Å². The second-order valence-electron chi connectivity index (χ2n) is 4.21. The van der Waals surface area contributed by atoms with Gasteiger partial charge in [0.1, 0.15) is 0 Å². The molecule has 1 aliphatic heterocycles. The van der Waals surface area contributed by atoms with Gasteiger partial charge in [-0.3, -0.25) is 4.79 Å². The summed E-state index contributed by atoms with van der Waals surface area (Å²) in [5, 5.41) is 23.4. The maximum Gasteiger partial charge on any atom is 0.317 e. The molecule has 6 nitrogen and oxygen atoms in total. The van der Waals surface area contributed by atoms with Crippen molar-refractivity contribution in [2.45, 2.75) is 37.5 Å². The van der Waals surface area contributed by atoms with Crippen LogP contribution in [0.15, 0.2) is 0 Å². The maximum absolute atomic E-state index is 11.1. The van der Waals surface area contributed by atoms with Gasteiger partial charge in [0.05, 0.1) is 5.54 Å². The Morgan fingerprint density at radius 3 is 2.60 bits per heavy atom. The van der Waals surface area contributed by atoms with Crippen LogP contribution in [-0.2, 0) is 4.79 Å². The molecular weight excluding hydrogens is 200 g/mol. The van der Waals surface area contributed by atoms with Gasteiger partial charge < -0.3 is 20.8 Å². The Hall–Kier alpha value is -1.30. The second-order valence-corrected chi connectivity index (χ2v) is 4.21. The van der Waals surface area contributed by atoms with Crippen LogP contribution in [0, 0.1) is 5.92 Å². The number of hydrogen-bond donors (Lipinski definition) is 4. The number of aliphatic hydroxyl groups excluding tert-OH is 1. The number of hydrogen-bond acceptors (Lipinski definition) is 3. The van der Waals surface area contributed by atoms with Gasteiger partial charge in [0.2, 0.25) is 0 Å². The third-order valence-corrected chi connectivity index (χ3v) is 3.16. The smallest absolute Gasteiger partial charge is 0.317 e. The molecule has 1 saturated heterocycles. The minimum absolute atomic E-state index is 0.0461. The SMILES string of the molecule is O=C(O)CC[C@@]1(C2CC2)NC(=O)N[C@H]1O. The zero-order chi connectivity index (χ0) is 11.1. The lowest BCUT2D eigenvalue weighted by molar-refractivity contribution is -0.137. The summed E-state index contributed by atoms with van der Waals surface area (Å²) in [5.74, 6) is -0.714. The third-order valence-electron chi connectivity index (χ3n) is 3.16. The summed E-state index contributed by atoms with van der Waals surface area (Å²) in [4.78, 5) is 21.6. The molecule has 84 valence electrons. The van der Waals surface area contributed by atoms with Crippen molar-refractivity contribution in [1.29, 1.82) is 0 Å². The molecule has 0 aromatic rings. The summed E-state index contributed by atoms with van der Waals surface area (Å²) >= 11 is 0. The normalized spacial score (nSPS) is 34.7. The highest BCUT2D eigenvalue weighted by atomic mass is 16.4. The first-order chi connectivity index (χ1) is 7.04. The van der Waals surface area contributed by atoms with Crippen LogP contribution in [0.5, 0.6) is 0 Å². The molecular formula is C9H14N2O4. The molecule has 15 heavy (non-hydrogen) atoms. The zero-order valence-electron chi connectivity index (χ0n) is 8.19. The van der Waals surface area contributed by atoms with Crippen molar-refractivity contribution in [3.8, 4) is 0 Å². The zero-order valence-corrected chi connectivity index (χ0v) is 8.19. The standard InChI is InChI=1S/C9H14N2O4/c12-6(13)3-4-9(5-1-2-5)7(14)10-8(15)11-9/h5,7,14H,1-4H2,(H,12,13)(H2,10,11,15)/t7-,9-/m0/s1. The Morgan fingerprint density at radius 2 is 2.20 bits per heavy atom. The fourth-order valence-electron chi connectivity index (χ4n) is 2.21. The lowest BCUT2D eigenvalue weighted by atomic mass is 9.87. The van der Waals surface area contributed by atoms with Crippen molar-refractivity contribution in [1.82, 2.24) is 10.6 Å². The molecule has 2 atom stereocenters. The lowest BCUT2D eigenvalue weighted by Crippen LogP contribution is -2.51. The van der Waals surface area contributed by atoms with Crippen LogP contribution < -0.4 is 10.6 Å². The predicted octanol–water partition coefficient (Wildman–Crippen LogP) is -0.369. The first-order valence-corrected chi connectivity index (χ1v) is 5.03. The Morgan fingerprint density at radius 1 is 1.53 bits per heavy atom. The van der Waals surface area contributed by atoms with Gasteiger partial charge in [-0.2, -0.15) is 0 Å². The van der Waals surface area contributed by atoms with Crippen molar-refractivity contribution in [2.24, 2.45) is 5.92 Å². The maximum atomic E-state index is 11.1. The summed E-state index contributed by atoms with van der Waals surface area (Å²) in [6.45, 7) is 0. The van der Waals surface area contributed by atoms with E-state index in [-0.39, 0.29) is 18.8 Å². The molecule has 0 bridgehead atoms. The van der Waals surface area contributed by atoms with Crippen LogP contribution in [0.3, 0.4) is 0 Å². The van der Waals surface area contributed by atoms with Crippen molar-refractivity contribution >= 4 is 12.0 Å². The molecule has 0 spiro atoms. The Labute approximate surface area is 86.7 Å². The number of carbonyl (C=O) groups excluding carboxylic acids is 1. The van der Waals surface area contributed by atoms with E-state index in [0.29, 0.717) is 0 Å². The van der Waals surface area contributed by atoms with E-state index >= 15 is 0 Å². The van der Waals surface area contributed by atoms with Gasteiger partial charge in [0.25, 0.3) is 0 Å². The molecule has 2 amide bonds. The molecule has 0 radical (unpaired) electrons. The number of rotatable bonds is 4. The molecule has 1 saturated carbocycles. The highest BCUT2D eigenvalue weighted by molar-refractivity contribution is 5.78. The van der Waals surface area contributed by atoms with Gasteiger partial charge >= 0.3 is 12.0 Å². The number of carboxylic acid groups (broad SMARTS) is 1. The van der Waals surface area contributed by atoms with E-state index in [0.717, 1.165) is 12.8 Å². The highest BCUT2D eigenvalue weighted by Crippen LogP contribution is 2.45. The van der Waals surface area contributed by atoms with E-state index in [9.17, 15) is 14.7 Å².